The first-order valence-electron chi connectivity index (χ1n) is 6.57. The molecule has 0 aromatic carbocycles. The van der Waals surface area contributed by atoms with E-state index in [1.807, 2.05) is 7.05 Å². The number of piperidine rings is 1. The second kappa shape index (κ2) is 5.36. The van der Waals surface area contributed by atoms with Crippen LogP contribution < -0.4 is 0 Å². The smallest absolute Gasteiger partial charge is 0.238 e. The summed E-state index contributed by atoms with van der Waals surface area (Å²) in [5, 5.41) is 0. The quantitative estimate of drug-likeness (QED) is 0.731. The van der Waals surface area contributed by atoms with Gasteiger partial charge in [0.05, 0.1) is 11.5 Å². The average molecular weight is 286 g/mol. The van der Waals surface area contributed by atoms with Gasteiger partial charge in [0.2, 0.25) is 10.0 Å². The van der Waals surface area contributed by atoms with E-state index in [2.05, 4.69) is 11.5 Å². The minimum Gasteiger partial charge on any atom is -0.359 e. The normalized spacial score (nSPS) is 25.9. The van der Waals surface area contributed by atoms with Crippen LogP contribution in [0.4, 0.5) is 0 Å². The topological polar surface area (TPSA) is 49.9 Å². The number of hydrogen-bond donors (Lipinski definition) is 0. The molecule has 6 heteroatoms. The first-order chi connectivity index (χ1) is 8.92. The molecule has 0 aromatic heterocycles. The molecule has 0 radical (unpaired) electrons. The molecule has 0 unspecified atom stereocenters. The first kappa shape index (κ1) is 14.7. The van der Waals surface area contributed by atoms with Crippen molar-refractivity contribution in [1.29, 1.82) is 0 Å². The summed E-state index contributed by atoms with van der Waals surface area (Å²) < 4.78 is 32.0. The molecule has 2 aliphatic heterocycles. The molecule has 5 nitrogen and oxygen atoms in total. The summed E-state index contributed by atoms with van der Waals surface area (Å²) >= 11 is 0. The van der Waals surface area contributed by atoms with Crippen molar-refractivity contribution in [1.82, 2.24) is 9.21 Å². The molecule has 108 valence electrons. The summed E-state index contributed by atoms with van der Waals surface area (Å²) in [5.74, 6) is 0. The highest BCUT2D eigenvalue weighted by molar-refractivity contribution is 7.93. The summed E-state index contributed by atoms with van der Waals surface area (Å²) in [4.78, 5) is 2.54. The van der Waals surface area contributed by atoms with Crippen molar-refractivity contribution in [3.05, 3.63) is 23.6 Å². The highest BCUT2D eigenvalue weighted by atomic mass is 32.2. The SMILES string of the molecule is C=CC=C(C)S(=O)(=O)N1CCC2(CC1)OCCN2C. The average Bonchev–Trinajstić information content (AvgIpc) is 2.72. The van der Waals surface area contributed by atoms with Crippen molar-refractivity contribution in [2.24, 2.45) is 0 Å². The minimum atomic E-state index is -3.34. The van der Waals surface area contributed by atoms with Gasteiger partial charge in [-0.25, -0.2) is 8.42 Å². The lowest BCUT2D eigenvalue weighted by Gasteiger charge is -2.41. The van der Waals surface area contributed by atoms with Crippen molar-refractivity contribution < 1.29 is 13.2 Å². The highest BCUT2D eigenvalue weighted by Gasteiger charge is 2.44. The lowest BCUT2D eigenvalue weighted by atomic mass is 10.0. The second-order valence-corrected chi connectivity index (χ2v) is 7.24. The van der Waals surface area contributed by atoms with Crippen LogP contribution >= 0.6 is 0 Å². The predicted molar refractivity (Wildman–Crippen MR) is 75.0 cm³/mol. The van der Waals surface area contributed by atoms with E-state index in [4.69, 9.17) is 4.74 Å². The molecule has 19 heavy (non-hydrogen) atoms. The Morgan fingerprint density at radius 3 is 2.42 bits per heavy atom. The number of ether oxygens (including phenoxy) is 1. The van der Waals surface area contributed by atoms with Crippen molar-refractivity contribution in [2.75, 3.05) is 33.3 Å². The van der Waals surface area contributed by atoms with Gasteiger partial charge in [0.15, 0.2) is 0 Å². The summed E-state index contributed by atoms with van der Waals surface area (Å²) in [7, 11) is -1.30. The maximum Gasteiger partial charge on any atom is 0.238 e. The molecule has 0 aromatic rings. The zero-order chi connectivity index (χ0) is 14.1. The number of nitrogens with zero attached hydrogens (tertiary/aromatic N) is 2. The number of hydrogen-bond acceptors (Lipinski definition) is 4. The van der Waals surface area contributed by atoms with Crippen molar-refractivity contribution in [2.45, 2.75) is 25.5 Å². The third-order valence-corrected chi connectivity index (χ3v) is 6.09. The molecule has 0 aliphatic carbocycles. The van der Waals surface area contributed by atoms with E-state index in [9.17, 15) is 8.42 Å². The summed E-state index contributed by atoms with van der Waals surface area (Å²) in [5.41, 5.74) is -0.248. The van der Waals surface area contributed by atoms with E-state index >= 15 is 0 Å². The van der Waals surface area contributed by atoms with E-state index in [1.54, 1.807) is 11.2 Å². The Hall–Kier alpha value is -0.690. The van der Waals surface area contributed by atoms with Crippen molar-refractivity contribution in [3.63, 3.8) is 0 Å². The maximum absolute atomic E-state index is 12.3. The van der Waals surface area contributed by atoms with Crippen LogP contribution in [-0.4, -0.2) is 56.6 Å². The van der Waals surface area contributed by atoms with Gasteiger partial charge >= 0.3 is 0 Å². The predicted octanol–water partition coefficient (Wildman–Crippen LogP) is 1.16. The van der Waals surface area contributed by atoms with Gasteiger partial charge in [-0.3, -0.25) is 4.90 Å². The third kappa shape index (κ3) is 2.63. The Morgan fingerprint density at radius 1 is 1.32 bits per heavy atom. The molecule has 2 rings (SSSR count). The van der Waals surface area contributed by atoms with Crippen LogP contribution in [0.3, 0.4) is 0 Å². The number of likely N-dealkylation sites (N-methyl/N-ethyl adjacent to an activating group) is 1. The molecule has 0 saturated carbocycles. The van der Waals surface area contributed by atoms with Gasteiger partial charge in [-0.1, -0.05) is 12.7 Å². The van der Waals surface area contributed by atoms with Crippen LogP contribution in [0.25, 0.3) is 0 Å². The van der Waals surface area contributed by atoms with Crippen LogP contribution in [0.15, 0.2) is 23.6 Å². The molecular weight excluding hydrogens is 264 g/mol. The van der Waals surface area contributed by atoms with Crippen LogP contribution in [0.5, 0.6) is 0 Å². The van der Waals surface area contributed by atoms with Crippen LogP contribution in [0, 0.1) is 0 Å². The van der Waals surface area contributed by atoms with Gasteiger partial charge in [0, 0.05) is 32.5 Å². The van der Waals surface area contributed by atoms with E-state index in [-0.39, 0.29) is 5.72 Å². The molecular formula is C13H22N2O3S. The van der Waals surface area contributed by atoms with Crippen LogP contribution in [-0.2, 0) is 14.8 Å². The lowest BCUT2D eigenvalue weighted by molar-refractivity contribution is -0.102. The number of sulfonamides is 1. The Balaban J connectivity index is 2.08. The summed E-state index contributed by atoms with van der Waals surface area (Å²) in [6, 6.07) is 0. The Bertz CT molecular complexity index is 476. The van der Waals surface area contributed by atoms with E-state index in [1.165, 1.54) is 12.2 Å². The molecule has 2 saturated heterocycles. The third-order valence-electron chi connectivity index (χ3n) is 4.10. The number of rotatable bonds is 3. The van der Waals surface area contributed by atoms with Crippen molar-refractivity contribution in [3.8, 4) is 0 Å². The first-order valence-corrected chi connectivity index (χ1v) is 8.01. The van der Waals surface area contributed by atoms with Gasteiger partial charge in [0.25, 0.3) is 0 Å². The molecule has 0 bridgehead atoms. The standard InChI is InChI=1S/C13H22N2O3S/c1-4-5-12(2)19(16,17)15-8-6-13(7-9-15)14(3)10-11-18-13/h4-5H,1,6-11H2,2-3H3. The Kier molecular flexibility index (Phi) is 4.15. The fourth-order valence-corrected chi connectivity index (χ4v) is 4.08. The van der Waals surface area contributed by atoms with E-state index in [0.29, 0.717) is 18.0 Å². The fourth-order valence-electron chi connectivity index (χ4n) is 2.74. The molecule has 2 aliphatic rings. The zero-order valence-corrected chi connectivity index (χ0v) is 12.4. The Labute approximate surface area is 115 Å². The number of allylic oxidation sites excluding steroid dienone is 3. The molecule has 0 N–H and O–H groups in total. The van der Waals surface area contributed by atoms with Gasteiger partial charge in [-0.15, -0.1) is 0 Å². The fraction of sp³-hybridized carbons (Fsp3) is 0.692. The summed E-state index contributed by atoms with van der Waals surface area (Å²) in [6.45, 7) is 7.82. The Morgan fingerprint density at radius 2 is 1.95 bits per heavy atom. The van der Waals surface area contributed by atoms with Gasteiger partial charge < -0.3 is 4.74 Å². The maximum atomic E-state index is 12.3. The van der Waals surface area contributed by atoms with Gasteiger partial charge in [0.1, 0.15) is 5.72 Å². The lowest BCUT2D eigenvalue weighted by Crippen LogP contribution is -2.52. The summed E-state index contributed by atoms with van der Waals surface area (Å²) in [6.07, 6.45) is 4.50. The van der Waals surface area contributed by atoms with Crippen LogP contribution in [0.1, 0.15) is 19.8 Å². The second-order valence-electron chi connectivity index (χ2n) is 5.13. The minimum absolute atomic E-state index is 0.248. The molecule has 2 heterocycles. The molecule has 1 spiro atoms. The molecule has 0 amide bonds. The monoisotopic (exact) mass is 286 g/mol. The molecule has 2 fully saturated rings. The zero-order valence-electron chi connectivity index (χ0n) is 11.6. The van der Waals surface area contributed by atoms with Gasteiger partial charge in [-0.2, -0.15) is 4.31 Å². The van der Waals surface area contributed by atoms with Crippen molar-refractivity contribution >= 4 is 10.0 Å². The highest BCUT2D eigenvalue weighted by Crippen LogP contribution is 2.34. The van der Waals surface area contributed by atoms with Gasteiger partial charge in [-0.05, 0) is 20.0 Å². The van der Waals surface area contributed by atoms with Crippen LogP contribution in [0.2, 0.25) is 0 Å². The molecule has 0 atom stereocenters. The van der Waals surface area contributed by atoms with E-state index in [0.717, 1.165) is 26.0 Å². The van der Waals surface area contributed by atoms with E-state index < -0.39 is 10.0 Å². The largest absolute Gasteiger partial charge is 0.359 e.